The molecule has 0 aromatic heterocycles. The Bertz CT molecular complexity index is 293. The summed E-state index contributed by atoms with van der Waals surface area (Å²) in [5.74, 6) is 2.72. The first-order chi connectivity index (χ1) is 9.18. The molecule has 0 saturated heterocycles. The van der Waals surface area contributed by atoms with Crippen LogP contribution in [0.1, 0.15) is 40.0 Å². The van der Waals surface area contributed by atoms with Gasteiger partial charge < -0.3 is 13.8 Å². The van der Waals surface area contributed by atoms with Gasteiger partial charge in [0, 0.05) is 423 Å². The van der Waals surface area contributed by atoms with Gasteiger partial charge in [0.15, 0.2) is 7.57 Å². The quantitative estimate of drug-likeness (QED) is 0.208. The van der Waals surface area contributed by atoms with Crippen LogP contribution in [0.3, 0.4) is 0 Å². The topological polar surface area (TPSA) is 9.23 Å². The Morgan fingerprint density at radius 2 is 1.00 bits per heavy atom. The summed E-state index contributed by atoms with van der Waals surface area (Å²) in [5, 5.41) is 0. The fourth-order valence-electron chi connectivity index (χ4n) is 0.989. The van der Waals surface area contributed by atoms with Crippen molar-refractivity contribution in [2.24, 2.45) is 0 Å². The van der Waals surface area contributed by atoms with E-state index in [2.05, 4.69) is 46.7 Å². The van der Waals surface area contributed by atoms with Crippen LogP contribution in [-0.4, -0.2) is 51.9 Å². The molecule has 11 radical (unpaired) electrons. The van der Waals surface area contributed by atoms with Crippen LogP contribution in [0.4, 0.5) is 0 Å². The average Bonchev–Trinajstić information content (AvgIpc) is 2.25. The zero-order valence-electron chi connectivity index (χ0n) is 21.5. The number of hydrogen-bond donors (Lipinski definition) is 0. The Morgan fingerprint density at radius 1 is 0.765 bits per heavy atom. The van der Waals surface area contributed by atoms with Crippen molar-refractivity contribution in [2.75, 3.05) is 31.7 Å². The van der Waals surface area contributed by atoms with Crippen molar-refractivity contribution in [1.82, 2.24) is 0 Å². The van der Waals surface area contributed by atoms with Gasteiger partial charge in [-0.2, -0.15) is 12.8 Å². The van der Waals surface area contributed by atoms with Gasteiger partial charge in [-0.1, -0.05) is 34.6 Å². The van der Waals surface area contributed by atoms with Crippen molar-refractivity contribution >= 4 is 42.6 Å². The Kier molecular flexibility index (Phi) is 298. The van der Waals surface area contributed by atoms with Gasteiger partial charge in [-0.25, -0.2) is 0 Å². The van der Waals surface area contributed by atoms with Crippen LogP contribution in [-0.2, 0) is 428 Å². The maximum Gasteiger partial charge on any atom is 0.155 e. The summed E-state index contributed by atoms with van der Waals surface area (Å²) in [7, 11) is -0.222. The molecule has 0 aliphatic carbocycles. The van der Waals surface area contributed by atoms with Crippen molar-refractivity contribution < 1.29 is 428 Å². The second kappa shape index (κ2) is 91.8. The predicted molar refractivity (Wildman–Crippen MR) is 117 cm³/mol. The first kappa shape index (κ1) is 110. The maximum absolute atomic E-state index is 5.87. The van der Waals surface area contributed by atoms with Gasteiger partial charge >= 0.3 is 0 Å². The van der Waals surface area contributed by atoms with E-state index in [1.807, 2.05) is 13.8 Å². The minimum Gasteiger partial charge on any atom is -0.344 e. The van der Waals surface area contributed by atoms with Gasteiger partial charge in [0.1, 0.15) is 0 Å². The molecule has 1 nitrogen and oxygen atoms in total. The van der Waals surface area contributed by atoms with E-state index in [-0.39, 0.29) is 439 Å². The Balaban J connectivity index is -0.00000000883. The van der Waals surface area contributed by atoms with Gasteiger partial charge in [0.25, 0.3) is 0 Å². The fraction of sp³-hybridized carbons (Fsp3) is 0.733. The number of hydrogen-bond acceptors (Lipinski definition) is 1. The molecule has 34 heavy (non-hydrogen) atoms. The van der Waals surface area contributed by atoms with Crippen molar-refractivity contribution in [3.63, 3.8) is 0 Å². The zero-order chi connectivity index (χ0) is 16.6. The first-order valence-corrected chi connectivity index (χ1v) is 13.3. The third kappa shape index (κ3) is 127. The molecule has 0 fully saturated rings. The maximum atomic E-state index is 5.87. The summed E-state index contributed by atoms with van der Waals surface area (Å²) in [6.45, 7) is 18.0. The molecule has 0 bridgehead atoms. The van der Waals surface area contributed by atoms with Gasteiger partial charge in [0.2, 0.25) is 0 Å². The average molecular weight is 1870 g/mol. The molecule has 2 unspecified atom stereocenters. The predicted octanol–water partition coefficient (Wildman–Crippen LogP) is 4.52. The molecule has 2 atom stereocenters. The van der Waals surface area contributed by atoms with Crippen LogP contribution < -0.4 is 0 Å². The van der Waals surface area contributed by atoms with Crippen LogP contribution >= 0.6 is 22.5 Å². The summed E-state index contributed by atoms with van der Waals surface area (Å²) < 4.78 is 5.87. The summed E-state index contributed by atoms with van der Waals surface area (Å²) >= 11 is 0. The SMILES string of the molecule is [BH3-][PH+](C[PH](=C)CP(=C)(C)C)OCCC.[CH2-]CC.[CH2-]CC.[W].[W].[W].[Y].[Y].[Y].[Y].[Y].[Y].[Y].[Y].[Y].[Y].[Y]. The van der Waals surface area contributed by atoms with Gasteiger partial charge in [-0.3, -0.25) is 4.52 Å². The van der Waals surface area contributed by atoms with E-state index >= 15 is 0 Å². The Morgan fingerprint density at radius 3 is 1.18 bits per heavy atom. The van der Waals surface area contributed by atoms with Gasteiger partial charge in [-0.15, -0.1) is 13.2 Å². The van der Waals surface area contributed by atoms with Crippen LogP contribution in [0.15, 0.2) is 0 Å². The molecule has 0 amide bonds. The van der Waals surface area contributed by atoms with Gasteiger partial charge in [-0.05, 0) is 33.7 Å². The van der Waals surface area contributed by atoms with E-state index in [4.69, 9.17) is 4.52 Å². The third-order valence-electron chi connectivity index (χ3n) is 1.38. The van der Waals surface area contributed by atoms with Crippen LogP contribution in [0.25, 0.3) is 0 Å². The van der Waals surface area contributed by atoms with Crippen LogP contribution in [0.2, 0.25) is 0 Å². The smallest absolute Gasteiger partial charge is 0.155 e. The van der Waals surface area contributed by atoms with Crippen LogP contribution in [0, 0.1) is 13.8 Å². The largest absolute Gasteiger partial charge is 0.344 e. The van der Waals surface area contributed by atoms with E-state index in [0.717, 1.165) is 19.4 Å². The molecule has 0 aliphatic heterocycles. The normalized spacial score (nSPS) is 7.88. The fourth-order valence-corrected chi connectivity index (χ4v) is 8.86. The molecule has 19 heteroatoms. The van der Waals surface area contributed by atoms with E-state index in [1.165, 1.54) is 18.2 Å². The number of rotatable bonds is 7. The Labute approximate surface area is 539 Å². The summed E-state index contributed by atoms with van der Waals surface area (Å²) in [6, 6.07) is 0. The molecular weight excluding hydrogens is 1830 g/mol. The molecular formula is C15H40BOP3W3Y11-2. The molecule has 0 spiro atoms. The monoisotopic (exact) mass is 1870 g/mol. The third-order valence-corrected chi connectivity index (χ3v) is 9.58. The molecule has 0 heterocycles. The van der Waals surface area contributed by atoms with Crippen molar-refractivity contribution in [1.29, 1.82) is 0 Å². The summed E-state index contributed by atoms with van der Waals surface area (Å²) in [5.41, 5.74) is 0. The van der Waals surface area contributed by atoms with Gasteiger partial charge in [0.05, 0.1) is 12.5 Å². The minimum atomic E-state index is -0.833. The summed E-state index contributed by atoms with van der Waals surface area (Å²) in [4.78, 5) is 0. The molecule has 0 saturated carbocycles. The standard InChI is InChI=1S/C9H26BOP3.2C3H7.3W.11Y/c1-6-7-11-13(10)8-12(2)9-14(3,4)5;2*1-3-2;;;;;;;;;;;;;;/h12-13H,2-3,6-9H2,1,4-5,10H3;2*1,3H2,2H3;;;;;;;;;;;;;;/q;2*-1;;;;;;;;;;;;;;. The second-order valence-electron chi connectivity index (χ2n) is 5.01. The molecule has 0 rings (SSSR count). The molecule has 0 N–H and O–H groups in total. The first-order valence-electron chi connectivity index (χ1n) is 7.06. The van der Waals surface area contributed by atoms with Crippen LogP contribution in [0.5, 0.6) is 0 Å². The van der Waals surface area contributed by atoms with E-state index < -0.39 is 6.89 Å². The van der Waals surface area contributed by atoms with E-state index in [0.29, 0.717) is 7.57 Å². The van der Waals surface area contributed by atoms with Crippen molar-refractivity contribution in [2.45, 2.75) is 40.0 Å². The molecule has 177 valence electrons. The van der Waals surface area contributed by atoms with E-state index in [9.17, 15) is 0 Å². The zero-order valence-corrected chi connectivity index (χ0v) is 64.4. The Hall–Kier alpha value is 15.3. The molecule has 0 aliphatic rings. The molecule has 0 aromatic rings. The molecule has 0 aromatic carbocycles. The minimum absolute atomic E-state index is 0. The summed E-state index contributed by atoms with van der Waals surface area (Å²) in [6.07, 6.45) is 11.8. The van der Waals surface area contributed by atoms with Crippen molar-refractivity contribution in [3.8, 4) is 0 Å². The second-order valence-corrected chi connectivity index (χ2v) is 13.6. The van der Waals surface area contributed by atoms with E-state index in [1.54, 1.807) is 0 Å². The van der Waals surface area contributed by atoms with Crippen molar-refractivity contribution in [3.05, 3.63) is 13.8 Å².